The van der Waals surface area contributed by atoms with Gasteiger partial charge in [-0.25, -0.2) is 0 Å². The number of fused-ring (bicyclic) bond motifs is 1. The molecule has 0 unspecified atom stereocenters. The molecule has 0 spiro atoms. The smallest absolute Gasteiger partial charge is 0.286 e. The van der Waals surface area contributed by atoms with Crippen LogP contribution in [0.3, 0.4) is 0 Å². The maximum Gasteiger partial charge on any atom is 0.286 e. The van der Waals surface area contributed by atoms with Gasteiger partial charge in [0.2, 0.25) is 5.90 Å². The minimum Gasteiger partial charge on any atom is -0.438 e. The molecular formula is C20H15NO3S. The van der Waals surface area contributed by atoms with E-state index in [-0.39, 0.29) is 10.8 Å². The zero-order valence-corrected chi connectivity index (χ0v) is 14.3. The van der Waals surface area contributed by atoms with Crippen molar-refractivity contribution in [3.05, 3.63) is 83.9 Å². The molecule has 1 heterocycles. The van der Waals surface area contributed by atoms with Gasteiger partial charge < -0.3 is 4.74 Å². The maximum absolute atomic E-state index is 12.1. The van der Waals surface area contributed by atoms with Gasteiger partial charge in [0.1, 0.15) is 10.6 Å². The Balaban J connectivity index is 1.61. The van der Waals surface area contributed by atoms with E-state index in [0.29, 0.717) is 11.3 Å². The fourth-order valence-electron chi connectivity index (χ4n) is 2.72. The fraction of sp³-hybridized carbons (Fsp3) is 0.0500. The lowest BCUT2D eigenvalue weighted by Gasteiger charge is -2.07. The van der Waals surface area contributed by atoms with Crippen LogP contribution in [-0.4, -0.2) is 14.3 Å². The SMILES string of the molecule is Cc1ccc(-c2ccc(OC3=NS(=O)(=O)c4ccccc43)cc2)cc1. The van der Waals surface area contributed by atoms with Crippen LogP contribution in [0.1, 0.15) is 11.1 Å². The Hall–Kier alpha value is -2.92. The third kappa shape index (κ3) is 2.94. The number of rotatable bonds is 2. The van der Waals surface area contributed by atoms with Gasteiger partial charge in [0.15, 0.2) is 0 Å². The van der Waals surface area contributed by atoms with Gasteiger partial charge in [-0.05, 0) is 42.3 Å². The number of benzene rings is 3. The van der Waals surface area contributed by atoms with E-state index in [9.17, 15) is 8.42 Å². The number of nitrogens with zero attached hydrogens (tertiary/aromatic N) is 1. The number of ether oxygens (including phenoxy) is 1. The number of aryl methyl sites for hydroxylation is 1. The van der Waals surface area contributed by atoms with Gasteiger partial charge in [0, 0.05) is 0 Å². The van der Waals surface area contributed by atoms with Crippen molar-refractivity contribution in [3.63, 3.8) is 0 Å². The molecular weight excluding hydrogens is 334 g/mol. The van der Waals surface area contributed by atoms with Crippen LogP contribution >= 0.6 is 0 Å². The topological polar surface area (TPSA) is 55.7 Å². The average molecular weight is 349 g/mol. The summed E-state index contributed by atoms with van der Waals surface area (Å²) in [6.45, 7) is 2.05. The molecule has 1 aliphatic heterocycles. The van der Waals surface area contributed by atoms with E-state index in [1.165, 1.54) is 11.6 Å². The van der Waals surface area contributed by atoms with E-state index < -0.39 is 10.0 Å². The minimum atomic E-state index is -3.67. The monoisotopic (exact) mass is 349 g/mol. The summed E-state index contributed by atoms with van der Waals surface area (Å²) in [6, 6.07) is 22.4. The van der Waals surface area contributed by atoms with Gasteiger partial charge in [-0.15, -0.1) is 4.40 Å². The van der Waals surface area contributed by atoms with E-state index >= 15 is 0 Å². The fourth-order valence-corrected chi connectivity index (χ4v) is 3.86. The second kappa shape index (κ2) is 5.86. The van der Waals surface area contributed by atoms with Crippen LogP contribution in [-0.2, 0) is 10.0 Å². The van der Waals surface area contributed by atoms with Crippen LogP contribution in [0.25, 0.3) is 11.1 Å². The predicted octanol–water partition coefficient (Wildman–Crippen LogP) is 4.19. The first-order chi connectivity index (χ1) is 12.0. The van der Waals surface area contributed by atoms with Gasteiger partial charge in [-0.3, -0.25) is 0 Å². The molecule has 3 aromatic rings. The van der Waals surface area contributed by atoms with Crippen molar-refractivity contribution in [3.8, 4) is 16.9 Å². The van der Waals surface area contributed by atoms with E-state index in [4.69, 9.17) is 4.74 Å². The zero-order chi connectivity index (χ0) is 17.4. The second-order valence-corrected chi connectivity index (χ2v) is 7.43. The molecule has 0 aliphatic carbocycles. The average Bonchev–Trinajstić information content (AvgIpc) is 2.87. The molecule has 4 rings (SSSR count). The molecule has 0 fully saturated rings. The number of sulfonamides is 1. The van der Waals surface area contributed by atoms with Gasteiger partial charge in [0.05, 0.1) is 5.56 Å². The molecule has 3 aromatic carbocycles. The van der Waals surface area contributed by atoms with Crippen LogP contribution in [0.2, 0.25) is 0 Å². The summed E-state index contributed by atoms with van der Waals surface area (Å²) in [7, 11) is -3.67. The molecule has 124 valence electrons. The lowest BCUT2D eigenvalue weighted by molar-refractivity contribution is 0.554. The van der Waals surface area contributed by atoms with E-state index in [1.54, 1.807) is 18.2 Å². The predicted molar refractivity (Wildman–Crippen MR) is 97.4 cm³/mol. The highest BCUT2D eigenvalue weighted by molar-refractivity contribution is 7.90. The van der Waals surface area contributed by atoms with Crippen molar-refractivity contribution in [2.45, 2.75) is 11.8 Å². The summed E-state index contributed by atoms with van der Waals surface area (Å²) in [4.78, 5) is 0.182. The highest BCUT2D eigenvalue weighted by atomic mass is 32.2. The Kier molecular flexibility index (Phi) is 3.66. The quantitative estimate of drug-likeness (QED) is 0.697. The van der Waals surface area contributed by atoms with Crippen LogP contribution in [0.5, 0.6) is 5.75 Å². The lowest BCUT2D eigenvalue weighted by atomic mass is 10.0. The molecule has 0 aromatic heterocycles. The van der Waals surface area contributed by atoms with Crippen molar-refractivity contribution >= 4 is 15.9 Å². The van der Waals surface area contributed by atoms with Gasteiger partial charge in [-0.1, -0.05) is 54.1 Å². The minimum absolute atomic E-state index is 0.110. The largest absolute Gasteiger partial charge is 0.438 e. The first kappa shape index (κ1) is 15.6. The van der Waals surface area contributed by atoms with Crippen LogP contribution in [0.4, 0.5) is 0 Å². The van der Waals surface area contributed by atoms with Gasteiger partial charge >= 0.3 is 0 Å². The van der Waals surface area contributed by atoms with E-state index in [2.05, 4.69) is 35.6 Å². The molecule has 4 nitrogen and oxygen atoms in total. The summed E-state index contributed by atoms with van der Waals surface area (Å²) >= 11 is 0. The highest BCUT2D eigenvalue weighted by Gasteiger charge is 2.29. The summed E-state index contributed by atoms with van der Waals surface area (Å²) < 4.78 is 33.6. The molecule has 5 heteroatoms. The van der Waals surface area contributed by atoms with Crippen LogP contribution < -0.4 is 4.74 Å². The Morgan fingerprint density at radius 3 is 2.08 bits per heavy atom. The van der Waals surface area contributed by atoms with Gasteiger partial charge in [-0.2, -0.15) is 8.42 Å². The van der Waals surface area contributed by atoms with E-state index in [1.807, 2.05) is 24.3 Å². The first-order valence-electron chi connectivity index (χ1n) is 7.82. The van der Waals surface area contributed by atoms with Crippen molar-refractivity contribution in [2.24, 2.45) is 4.40 Å². The normalized spacial score (nSPS) is 14.7. The Morgan fingerprint density at radius 2 is 1.40 bits per heavy atom. The third-order valence-electron chi connectivity index (χ3n) is 4.05. The van der Waals surface area contributed by atoms with Crippen molar-refractivity contribution < 1.29 is 13.2 Å². The molecule has 0 saturated carbocycles. The number of hydrogen-bond donors (Lipinski definition) is 0. The standard InChI is InChI=1S/C20H15NO3S/c1-14-6-8-15(9-7-14)16-10-12-17(13-11-16)24-20-18-4-2-3-5-19(18)25(22,23)21-20/h2-13H,1H3. The summed E-state index contributed by atoms with van der Waals surface area (Å²) in [5.41, 5.74) is 3.88. The molecule has 0 atom stereocenters. The van der Waals surface area contributed by atoms with Crippen LogP contribution in [0.15, 0.2) is 82.1 Å². The third-order valence-corrected chi connectivity index (χ3v) is 5.37. The first-order valence-corrected chi connectivity index (χ1v) is 9.26. The van der Waals surface area contributed by atoms with E-state index in [0.717, 1.165) is 11.1 Å². The Bertz CT molecular complexity index is 1070. The molecule has 0 N–H and O–H groups in total. The summed E-state index contributed by atoms with van der Waals surface area (Å²) in [6.07, 6.45) is 0. The molecule has 0 bridgehead atoms. The summed E-state index contributed by atoms with van der Waals surface area (Å²) in [5, 5.41) is 0. The van der Waals surface area contributed by atoms with Gasteiger partial charge in [0.25, 0.3) is 10.0 Å². The molecule has 0 saturated heterocycles. The highest BCUT2D eigenvalue weighted by Crippen LogP contribution is 2.28. The molecule has 25 heavy (non-hydrogen) atoms. The maximum atomic E-state index is 12.1. The van der Waals surface area contributed by atoms with Crippen molar-refractivity contribution in [1.82, 2.24) is 0 Å². The zero-order valence-electron chi connectivity index (χ0n) is 13.5. The summed E-state index contributed by atoms with van der Waals surface area (Å²) in [5.74, 6) is 0.653. The number of hydrogen-bond acceptors (Lipinski definition) is 3. The lowest BCUT2D eigenvalue weighted by Crippen LogP contribution is -2.07. The molecule has 1 aliphatic rings. The molecule has 0 radical (unpaired) electrons. The van der Waals surface area contributed by atoms with Crippen molar-refractivity contribution in [2.75, 3.05) is 0 Å². The molecule has 0 amide bonds. The van der Waals surface area contributed by atoms with Crippen LogP contribution in [0, 0.1) is 6.92 Å². The Labute approximate surface area is 146 Å². The van der Waals surface area contributed by atoms with Crippen molar-refractivity contribution in [1.29, 1.82) is 0 Å². The second-order valence-electron chi connectivity index (χ2n) is 5.86. The Morgan fingerprint density at radius 1 is 0.800 bits per heavy atom.